The zero-order chi connectivity index (χ0) is 14.3. The molecule has 0 unspecified atom stereocenters. The van der Waals surface area contributed by atoms with E-state index in [1.54, 1.807) is 0 Å². The number of nitrogens with zero attached hydrogens (tertiary/aromatic N) is 2. The Morgan fingerprint density at radius 3 is 2.74 bits per heavy atom. The van der Waals surface area contributed by atoms with Gasteiger partial charge in [0.15, 0.2) is 0 Å². The van der Waals surface area contributed by atoms with Crippen LogP contribution in [-0.4, -0.2) is 31.1 Å². The lowest BCUT2D eigenvalue weighted by Crippen LogP contribution is -2.27. The number of halogens is 1. The summed E-state index contributed by atoms with van der Waals surface area (Å²) in [5, 5.41) is 12.4. The molecule has 1 aromatic rings. The van der Waals surface area contributed by atoms with Crippen molar-refractivity contribution in [3.8, 4) is 6.07 Å². The van der Waals surface area contributed by atoms with Gasteiger partial charge in [0.2, 0.25) is 0 Å². The number of nitriles is 1. The maximum Gasteiger partial charge on any atom is 0.101 e. The first-order chi connectivity index (χ1) is 9.04. The molecule has 4 heteroatoms. The summed E-state index contributed by atoms with van der Waals surface area (Å²) < 4.78 is 0.994. The summed E-state index contributed by atoms with van der Waals surface area (Å²) in [6.45, 7) is 6.43. The Balaban J connectivity index is 2.34. The van der Waals surface area contributed by atoms with Crippen LogP contribution in [0.2, 0.25) is 0 Å². The predicted octanol–water partition coefficient (Wildman–Crippen LogP) is 3.85. The standard InChI is InChI=1S/C15H22BrN3/c1-12(2)19(3)9-5-4-8-18-15-10-14(16)7-6-13(15)11-17/h6-7,10,12,18H,4-5,8-9H2,1-3H3. The Labute approximate surface area is 124 Å². The van der Waals surface area contributed by atoms with Gasteiger partial charge in [0.25, 0.3) is 0 Å². The molecule has 1 aromatic carbocycles. The molecule has 0 atom stereocenters. The fourth-order valence-corrected chi connectivity index (χ4v) is 2.09. The van der Waals surface area contributed by atoms with Gasteiger partial charge in [0, 0.05) is 17.1 Å². The third-order valence-electron chi connectivity index (χ3n) is 3.24. The highest BCUT2D eigenvalue weighted by atomic mass is 79.9. The summed E-state index contributed by atoms with van der Waals surface area (Å²) in [6.07, 6.45) is 2.27. The number of nitrogens with one attached hydrogen (secondary N) is 1. The summed E-state index contributed by atoms with van der Waals surface area (Å²) in [4.78, 5) is 2.35. The van der Waals surface area contributed by atoms with E-state index in [0.29, 0.717) is 11.6 Å². The topological polar surface area (TPSA) is 39.1 Å². The third-order valence-corrected chi connectivity index (χ3v) is 3.73. The quantitative estimate of drug-likeness (QED) is 0.774. The van der Waals surface area contributed by atoms with Crippen LogP contribution < -0.4 is 5.32 Å². The average Bonchev–Trinajstić information content (AvgIpc) is 2.38. The summed E-state index contributed by atoms with van der Waals surface area (Å²) in [7, 11) is 2.15. The number of hydrogen-bond acceptors (Lipinski definition) is 3. The number of hydrogen-bond donors (Lipinski definition) is 1. The third kappa shape index (κ3) is 5.63. The number of anilines is 1. The Hall–Kier alpha value is -1.05. The van der Waals surface area contributed by atoms with E-state index < -0.39 is 0 Å². The van der Waals surface area contributed by atoms with Crippen LogP contribution in [0.15, 0.2) is 22.7 Å². The van der Waals surface area contributed by atoms with Crippen molar-refractivity contribution in [1.29, 1.82) is 5.26 Å². The van der Waals surface area contributed by atoms with E-state index in [1.165, 1.54) is 0 Å². The number of benzene rings is 1. The van der Waals surface area contributed by atoms with Crippen LogP contribution in [0.5, 0.6) is 0 Å². The van der Waals surface area contributed by atoms with E-state index in [9.17, 15) is 0 Å². The van der Waals surface area contributed by atoms with Gasteiger partial charge in [-0.3, -0.25) is 0 Å². The Morgan fingerprint density at radius 2 is 2.11 bits per heavy atom. The Kier molecular flexibility index (Phi) is 6.90. The van der Waals surface area contributed by atoms with E-state index in [-0.39, 0.29) is 0 Å². The number of unbranched alkanes of at least 4 members (excludes halogenated alkanes) is 1. The molecular weight excluding hydrogens is 302 g/mol. The van der Waals surface area contributed by atoms with Gasteiger partial charge < -0.3 is 10.2 Å². The Bertz CT molecular complexity index is 438. The van der Waals surface area contributed by atoms with Crippen LogP contribution in [0.4, 0.5) is 5.69 Å². The largest absolute Gasteiger partial charge is 0.384 e. The molecule has 0 aliphatic heterocycles. The average molecular weight is 324 g/mol. The molecule has 0 bridgehead atoms. The highest BCUT2D eigenvalue weighted by Crippen LogP contribution is 2.20. The zero-order valence-corrected chi connectivity index (χ0v) is 13.5. The van der Waals surface area contributed by atoms with Gasteiger partial charge in [-0.25, -0.2) is 0 Å². The second kappa shape index (κ2) is 8.19. The van der Waals surface area contributed by atoms with Crippen molar-refractivity contribution in [2.75, 3.05) is 25.5 Å². The molecule has 0 fully saturated rings. The molecule has 0 saturated carbocycles. The summed E-state index contributed by atoms with van der Waals surface area (Å²) in [5.74, 6) is 0. The van der Waals surface area contributed by atoms with Gasteiger partial charge in [0.05, 0.1) is 11.3 Å². The molecule has 0 aliphatic carbocycles. The van der Waals surface area contributed by atoms with Gasteiger partial charge >= 0.3 is 0 Å². The molecule has 3 nitrogen and oxygen atoms in total. The number of rotatable bonds is 7. The van der Waals surface area contributed by atoms with E-state index in [4.69, 9.17) is 5.26 Å². The lowest BCUT2D eigenvalue weighted by molar-refractivity contribution is 0.269. The molecule has 19 heavy (non-hydrogen) atoms. The van der Waals surface area contributed by atoms with Crippen molar-refractivity contribution < 1.29 is 0 Å². The van der Waals surface area contributed by atoms with Gasteiger partial charge in [-0.2, -0.15) is 5.26 Å². The van der Waals surface area contributed by atoms with Crippen LogP contribution in [0, 0.1) is 11.3 Å². The summed E-state index contributed by atoms with van der Waals surface area (Å²) >= 11 is 3.43. The molecule has 1 rings (SSSR count). The lowest BCUT2D eigenvalue weighted by Gasteiger charge is -2.20. The molecule has 0 heterocycles. The first-order valence-electron chi connectivity index (χ1n) is 6.68. The monoisotopic (exact) mass is 323 g/mol. The van der Waals surface area contributed by atoms with Crippen molar-refractivity contribution in [2.45, 2.75) is 32.7 Å². The molecule has 0 saturated heterocycles. The van der Waals surface area contributed by atoms with Crippen molar-refractivity contribution in [3.63, 3.8) is 0 Å². The van der Waals surface area contributed by atoms with Gasteiger partial charge in [0.1, 0.15) is 6.07 Å². The first kappa shape index (κ1) is 16.0. The Morgan fingerprint density at radius 1 is 1.37 bits per heavy atom. The van der Waals surface area contributed by atoms with Crippen molar-refractivity contribution in [3.05, 3.63) is 28.2 Å². The molecule has 0 radical (unpaired) electrons. The fraction of sp³-hybridized carbons (Fsp3) is 0.533. The van der Waals surface area contributed by atoms with Crippen LogP contribution in [-0.2, 0) is 0 Å². The first-order valence-corrected chi connectivity index (χ1v) is 7.47. The second-order valence-corrected chi connectivity index (χ2v) is 5.93. The van der Waals surface area contributed by atoms with E-state index in [0.717, 1.165) is 36.1 Å². The molecule has 0 spiro atoms. The normalized spacial score (nSPS) is 10.8. The molecule has 0 aliphatic rings. The van der Waals surface area contributed by atoms with Crippen LogP contribution in [0.25, 0.3) is 0 Å². The molecular formula is C15H22BrN3. The van der Waals surface area contributed by atoms with E-state index in [1.807, 2.05) is 18.2 Å². The molecule has 1 N–H and O–H groups in total. The molecule has 104 valence electrons. The minimum atomic E-state index is 0.600. The summed E-state index contributed by atoms with van der Waals surface area (Å²) in [6, 6.07) is 8.49. The lowest BCUT2D eigenvalue weighted by atomic mass is 10.2. The highest BCUT2D eigenvalue weighted by molar-refractivity contribution is 9.10. The molecule has 0 aromatic heterocycles. The van der Waals surface area contributed by atoms with Gasteiger partial charge in [-0.05, 0) is 58.5 Å². The van der Waals surface area contributed by atoms with Crippen molar-refractivity contribution in [2.24, 2.45) is 0 Å². The second-order valence-electron chi connectivity index (χ2n) is 5.01. The van der Waals surface area contributed by atoms with E-state index in [2.05, 4.69) is 53.1 Å². The van der Waals surface area contributed by atoms with Crippen LogP contribution >= 0.6 is 15.9 Å². The van der Waals surface area contributed by atoms with Crippen LogP contribution in [0.3, 0.4) is 0 Å². The minimum absolute atomic E-state index is 0.600. The minimum Gasteiger partial charge on any atom is -0.384 e. The van der Waals surface area contributed by atoms with Gasteiger partial charge in [-0.15, -0.1) is 0 Å². The van der Waals surface area contributed by atoms with Crippen LogP contribution in [0.1, 0.15) is 32.3 Å². The van der Waals surface area contributed by atoms with Gasteiger partial charge in [-0.1, -0.05) is 15.9 Å². The van der Waals surface area contributed by atoms with Crippen molar-refractivity contribution in [1.82, 2.24) is 4.90 Å². The maximum atomic E-state index is 9.03. The van der Waals surface area contributed by atoms with Crippen molar-refractivity contribution >= 4 is 21.6 Å². The summed E-state index contributed by atoms with van der Waals surface area (Å²) in [5.41, 5.74) is 1.61. The van der Waals surface area contributed by atoms with E-state index >= 15 is 0 Å². The maximum absolute atomic E-state index is 9.03. The molecule has 0 amide bonds. The smallest absolute Gasteiger partial charge is 0.101 e. The zero-order valence-electron chi connectivity index (χ0n) is 11.9. The SMILES string of the molecule is CC(C)N(C)CCCCNc1cc(Br)ccc1C#N. The fourth-order valence-electron chi connectivity index (χ4n) is 1.73. The highest BCUT2D eigenvalue weighted by Gasteiger charge is 2.03. The predicted molar refractivity (Wildman–Crippen MR) is 84.3 cm³/mol.